The van der Waals surface area contributed by atoms with E-state index in [1.165, 1.54) is 0 Å². The lowest BCUT2D eigenvalue weighted by molar-refractivity contribution is 0.151. The van der Waals surface area contributed by atoms with Gasteiger partial charge in [0.15, 0.2) is 0 Å². The molecule has 1 saturated heterocycles. The third-order valence-electron chi connectivity index (χ3n) is 2.01. The van der Waals surface area contributed by atoms with Crippen molar-refractivity contribution in [3.8, 4) is 0 Å². The summed E-state index contributed by atoms with van der Waals surface area (Å²) >= 11 is 0. The van der Waals surface area contributed by atoms with Gasteiger partial charge in [0, 0.05) is 12.7 Å². The van der Waals surface area contributed by atoms with Crippen LogP contribution in [0.25, 0.3) is 0 Å². The van der Waals surface area contributed by atoms with Gasteiger partial charge in [0.2, 0.25) is 0 Å². The Labute approximate surface area is 77.1 Å². The van der Waals surface area contributed by atoms with Crippen LogP contribution in [0.1, 0.15) is 6.92 Å². The van der Waals surface area contributed by atoms with Crippen molar-refractivity contribution < 1.29 is 5.11 Å². The molecular formula is C8H14N4O. The molecule has 0 aromatic heterocycles. The van der Waals surface area contributed by atoms with Gasteiger partial charge in [-0.15, -0.1) is 0 Å². The average Bonchev–Trinajstić information content (AvgIpc) is 2.49. The Hall–Kier alpha value is -1.23. The van der Waals surface area contributed by atoms with Gasteiger partial charge < -0.3 is 20.6 Å². The average molecular weight is 182 g/mol. The van der Waals surface area contributed by atoms with Crippen molar-refractivity contribution in [2.24, 2.45) is 4.99 Å². The molecule has 5 heteroatoms. The number of fused-ring (bicyclic) bond motifs is 1. The normalized spacial score (nSPS) is 22.5. The predicted octanol–water partition coefficient (Wildman–Crippen LogP) is -0.969. The summed E-state index contributed by atoms with van der Waals surface area (Å²) in [5.74, 6) is 0.932. The fraction of sp³-hybridized carbons (Fsp3) is 0.625. The van der Waals surface area contributed by atoms with Crippen molar-refractivity contribution in [1.82, 2.24) is 15.5 Å². The first kappa shape index (κ1) is 8.37. The molecule has 2 rings (SSSR count). The molecule has 1 atom stereocenters. The summed E-state index contributed by atoms with van der Waals surface area (Å²) in [6.45, 7) is 3.77. The Bertz CT molecular complexity index is 259. The molecule has 3 N–H and O–H groups in total. The van der Waals surface area contributed by atoms with Crippen LogP contribution in [0, 0.1) is 0 Å². The number of amidine groups is 1. The van der Waals surface area contributed by atoms with Gasteiger partial charge in [-0.1, -0.05) is 0 Å². The zero-order valence-electron chi connectivity index (χ0n) is 7.62. The lowest BCUT2D eigenvalue weighted by atomic mass is 10.3. The molecule has 1 fully saturated rings. The molecule has 0 amide bonds. The third-order valence-corrected chi connectivity index (χ3v) is 2.01. The zero-order chi connectivity index (χ0) is 9.26. The molecule has 2 heterocycles. The van der Waals surface area contributed by atoms with Crippen LogP contribution in [-0.2, 0) is 0 Å². The van der Waals surface area contributed by atoms with Crippen LogP contribution in [-0.4, -0.2) is 41.8 Å². The Morgan fingerprint density at radius 3 is 3.31 bits per heavy atom. The lowest BCUT2D eigenvalue weighted by Crippen LogP contribution is -2.32. The highest BCUT2D eigenvalue weighted by molar-refractivity contribution is 5.99. The summed E-state index contributed by atoms with van der Waals surface area (Å²) < 4.78 is 0. The van der Waals surface area contributed by atoms with E-state index in [4.69, 9.17) is 0 Å². The number of hydrogen-bond acceptors (Lipinski definition) is 5. The summed E-state index contributed by atoms with van der Waals surface area (Å²) in [4.78, 5) is 6.31. The molecule has 0 spiro atoms. The summed E-state index contributed by atoms with van der Waals surface area (Å²) in [5, 5.41) is 15.5. The van der Waals surface area contributed by atoms with Crippen LogP contribution in [0.4, 0.5) is 0 Å². The van der Waals surface area contributed by atoms with Gasteiger partial charge in [-0.05, 0) is 6.92 Å². The van der Waals surface area contributed by atoms with E-state index in [1.54, 1.807) is 6.92 Å². The molecule has 72 valence electrons. The standard InChI is InChI=1S/C8H14N4O/c1-6(13)2-12-3-7-8(11-5-12)10-4-9-7/h3,6,9,13H,2,4-5H2,1H3,(H,10,11). The van der Waals surface area contributed by atoms with E-state index >= 15 is 0 Å². The monoisotopic (exact) mass is 182 g/mol. The third kappa shape index (κ3) is 1.75. The van der Waals surface area contributed by atoms with Crippen LogP contribution in [0.15, 0.2) is 16.9 Å². The van der Waals surface area contributed by atoms with E-state index in [2.05, 4.69) is 15.6 Å². The van der Waals surface area contributed by atoms with Crippen molar-refractivity contribution in [1.29, 1.82) is 0 Å². The number of β-amino-alcohol motifs (C(OH)–C–C–N with tert-alkyl or cyclic N) is 1. The number of aliphatic imine (C=N–C) groups is 1. The maximum atomic E-state index is 9.19. The van der Waals surface area contributed by atoms with Gasteiger partial charge >= 0.3 is 0 Å². The maximum Gasteiger partial charge on any atom is 0.149 e. The Morgan fingerprint density at radius 2 is 2.54 bits per heavy atom. The van der Waals surface area contributed by atoms with Crippen molar-refractivity contribution in [2.45, 2.75) is 13.0 Å². The van der Waals surface area contributed by atoms with Gasteiger partial charge in [-0.25, -0.2) is 4.99 Å². The topological polar surface area (TPSA) is 59.9 Å². The SMILES string of the molecule is CC(O)CN1C=C2NCNC2=NC1. The minimum Gasteiger partial charge on any atom is -0.392 e. The van der Waals surface area contributed by atoms with Crippen LogP contribution in [0.5, 0.6) is 0 Å². The van der Waals surface area contributed by atoms with E-state index in [0.29, 0.717) is 13.2 Å². The molecule has 1 unspecified atom stereocenters. The van der Waals surface area contributed by atoms with Gasteiger partial charge in [-0.2, -0.15) is 0 Å². The molecule has 5 nitrogen and oxygen atoms in total. The number of hydrogen-bond donors (Lipinski definition) is 3. The molecule has 0 saturated carbocycles. The fourth-order valence-corrected chi connectivity index (χ4v) is 1.48. The molecule has 0 radical (unpaired) electrons. The first-order valence-electron chi connectivity index (χ1n) is 4.42. The molecule has 2 aliphatic heterocycles. The second-order valence-corrected chi connectivity index (χ2v) is 3.34. The summed E-state index contributed by atoms with van der Waals surface area (Å²) in [6, 6.07) is 0. The van der Waals surface area contributed by atoms with Crippen molar-refractivity contribution >= 4 is 5.84 Å². The summed E-state index contributed by atoms with van der Waals surface area (Å²) in [6.07, 6.45) is 1.68. The lowest BCUT2D eigenvalue weighted by Gasteiger charge is -2.23. The van der Waals surface area contributed by atoms with E-state index < -0.39 is 0 Å². The summed E-state index contributed by atoms with van der Waals surface area (Å²) in [5.41, 5.74) is 1.02. The second kappa shape index (κ2) is 3.26. The van der Waals surface area contributed by atoms with Crippen molar-refractivity contribution in [2.75, 3.05) is 19.9 Å². The number of aliphatic hydroxyl groups excluding tert-OH is 1. The van der Waals surface area contributed by atoms with Gasteiger partial charge in [0.05, 0.1) is 18.5 Å². The molecule has 0 aromatic carbocycles. The Balaban J connectivity index is 2.02. The Morgan fingerprint density at radius 1 is 1.69 bits per heavy atom. The molecule has 13 heavy (non-hydrogen) atoms. The largest absolute Gasteiger partial charge is 0.392 e. The van der Waals surface area contributed by atoms with E-state index in [1.807, 2.05) is 11.1 Å². The predicted molar refractivity (Wildman–Crippen MR) is 49.9 cm³/mol. The minimum atomic E-state index is -0.317. The molecule has 0 bridgehead atoms. The first-order chi connectivity index (χ1) is 6.25. The molecule has 0 aliphatic carbocycles. The van der Waals surface area contributed by atoms with E-state index in [0.717, 1.165) is 18.2 Å². The van der Waals surface area contributed by atoms with Crippen LogP contribution < -0.4 is 10.6 Å². The van der Waals surface area contributed by atoms with Gasteiger partial charge in [-0.3, -0.25) is 0 Å². The fourth-order valence-electron chi connectivity index (χ4n) is 1.48. The highest BCUT2D eigenvalue weighted by Crippen LogP contribution is 2.07. The van der Waals surface area contributed by atoms with Crippen LogP contribution in [0.3, 0.4) is 0 Å². The van der Waals surface area contributed by atoms with E-state index in [-0.39, 0.29) is 6.10 Å². The minimum absolute atomic E-state index is 0.317. The number of nitrogens with one attached hydrogen (secondary N) is 2. The Kier molecular flexibility index (Phi) is 2.10. The second-order valence-electron chi connectivity index (χ2n) is 3.34. The van der Waals surface area contributed by atoms with Gasteiger partial charge in [0.25, 0.3) is 0 Å². The molecule has 0 aromatic rings. The van der Waals surface area contributed by atoms with Crippen LogP contribution >= 0.6 is 0 Å². The first-order valence-corrected chi connectivity index (χ1v) is 4.42. The quantitative estimate of drug-likeness (QED) is 0.514. The van der Waals surface area contributed by atoms with Crippen LogP contribution in [0.2, 0.25) is 0 Å². The molecule has 2 aliphatic rings. The summed E-state index contributed by atoms with van der Waals surface area (Å²) in [7, 11) is 0. The number of aliphatic hydroxyl groups is 1. The van der Waals surface area contributed by atoms with E-state index in [9.17, 15) is 5.11 Å². The maximum absolute atomic E-state index is 9.19. The highest BCUT2D eigenvalue weighted by Gasteiger charge is 2.19. The smallest absolute Gasteiger partial charge is 0.149 e. The van der Waals surface area contributed by atoms with Crippen molar-refractivity contribution in [3.05, 3.63) is 11.9 Å². The zero-order valence-corrected chi connectivity index (χ0v) is 7.62. The van der Waals surface area contributed by atoms with Crippen molar-refractivity contribution in [3.63, 3.8) is 0 Å². The number of nitrogens with zero attached hydrogens (tertiary/aromatic N) is 2. The number of rotatable bonds is 2. The molecular weight excluding hydrogens is 168 g/mol. The van der Waals surface area contributed by atoms with Gasteiger partial charge in [0.1, 0.15) is 12.5 Å². The highest BCUT2D eigenvalue weighted by atomic mass is 16.3.